The van der Waals surface area contributed by atoms with Gasteiger partial charge in [-0.2, -0.15) is 0 Å². The average Bonchev–Trinajstić information content (AvgIpc) is 1.64. The van der Waals surface area contributed by atoms with E-state index in [9.17, 15) is 55.2 Å². The molecule has 0 saturated carbocycles. The molecule has 90 heavy (non-hydrogen) atoms. The van der Waals surface area contributed by atoms with Crippen LogP contribution < -0.4 is 27.1 Å². The van der Waals surface area contributed by atoms with Crippen LogP contribution in [0.15, 0.2) is 81.6 Å². The smallest absolute Gasteiger partial charge is 0.294 e. The second-order valence-corrected chi connectivity index (χ2v) is 20.4. The van der Waals surface area contributed by atoms with E-state index in [1.807, 2.05) is 0 Å². The Morgan fingerprint density at radius 1 is 0.578 bits per heavy atom. The molecule has 32 heteroatoms. The second-order valence-electron chi connectivity index (χ2n) is 20.4. The van der Waals surface area contributed by atoms with Crippen LogP contribution in [-0.4, -0.2) is 177 Å². The number of hydrogen-bond acceptors (Lipinski definition) is 24. The molecule has 8 aromatic rings. The summed E-state index contributed by atoms with van der Waals surface area (Å²) < 4.78 is 28.7. The maximum atomic E-state index is 11.9. The van der Waals surface area contributed by atoms with Crippen LogP contribution in [0.4, 0.5) is 5.69 Å². The highest BCUT2D eigenvalue weighted by Gasteiger charge is 2.60. The van der Waals surface area contributed by atoms with Crippen LogP contribution >= 0.6 is 0 Å². The van der Waals surface area contributed by atoms with Crippen molar-refractivity contribution in [3.63, 3.8) is 0 Å². The Morgan fingerprint density at radius 2 is 0.978 bits per heavy atom. The SMILES string of the molecule is C#C[C@@H]1[C@H](n2cnc3c(=O)[nH]c(C)nc32)O[C@](C#C)(CO)[C@H]1O.C#C[C@@H]1[C@H](n2cnc3c(=O)cc[nH]c32)O[C@@](CO)(N=[N+]=N)[C@H]1O.C#C[C@@H]1[C@H](n2cnc3c(=O)cc[nH]c32)O[C@](C#C)(CO)[C@H]1O.C#C[C@@H]1[C@H](n2cnc3c(N)ccnc32)O[C@](C#C)(CO)[C@H]1O. The summed E-state index contributed by atoms with van der Waals surface area (Å²) in [5.41, 5.74) is 8.12. The quantitative estimate of drug-likeness (QED) is 0.0384. The molecular weight excluding hydrogens is 1170 g/mol. The van der Waals surface area contributed by atoms with Crippen molar-refractivity contribution in [2.75, 3.05) is 32.2 Å². The van der Waals surface area contributed by atoms with Crippen molar-refractivity contribution in [1.82, 2.24) is 68.0 Å². The van der Waals surface area contributed by atoms with E-state index in [4.69, 9.17) is 75.2 Å². The van der Waals surface area contributed by atoms with Crippen LogP contribution in [0.5, 0.6) is 0 Å². The number of hydrogen-bond donors (Lipinski definition) is 13. The molecule has 0 aliphatic carbocycles. The summed E-state index contributed by atoms with van der Waals surface area (Å²) in [6.07, 6.45) is 39.5. The number of aryl methyl sites for hydroxylation is 1. The fourth-order valence-corrected chi connectivity index (χ4v) is 10.7. The molecule has 0 aromatic carbocycles. The van der Waals surface area contributed by atoms with Crippen LogP contribution in [0.2, 0.25) is 0 Å². The lowest BCUT2D eigenvalue weighted by molar-refractivity contribution is -0.126. The van der Waals surface area contributed by atoms with Gasteiger partial charge < -0.3 is 80.5 Å². The number of rotatable bonds is 9. The number of nitrogens with one attached hydrogen (secondary N) is 4. The number of fused-ring (bicyclic) bond motifs is 4. The van der Waals surface area contributed by atoms with Crippen LogP contribution in [0.3, 0.4) is 0 Å². The number of anilines is 1. The minimum absolute atomic E-state index is 0.117. The first-order chi connectivity index (χ1) is 43.2. The lowest BCUT2D eigenvalue weighted by Crippen LogP contribution is -2.43. The van der Waals surface area contributed by atoms with Gasteiger partial charge in [-0.05, 0) is 13.0 Å². The van der Waals surface area contributed by atoms with Gasteiger partial charge in [-0.15, -0.1) is 45.0 Å². The molecule has 460 valence electrons. The molecule has 16 atom stereocenters. The van der Waals surface area contributed by atoms with Crippen LogP contribution in [-0.2, 0) is 18.9 Å². The molecule has 8 aromatic heterocycles. The summed E-state index contributed by atoms with van der Waals surface area (Å²) in [7, 11) is 0. The Balaban J connectivity index is 0.000000142. The zero-order chi connectivity index (χ0) is 65.2. The molecule has 0 unspecified atom stereocenters. The second kappa shape index (κ2) is 25.2. The van der Waals surface area contributed by atoms with E-state index >= 15 is 0 Å². The number of aliphatic hydroxyl groups is 8. The molecule has 0 spiro atoms. The Kier molecular flexibility index (Phi) is 17.9. The summed E-state index contributed by atoms with van der Waals surface area (Å²) >= 11 is 0. The molecule has 32 nitrogen and oxygen atoms in total. The number of imidazole rings is 4. The zero-order valence-electron chi connectivity index (χ0n) is 47.0. The van der Waals surface area contributed by atoms with Gasteiger partial charge in [0.25, 0.3) is 11.3 Å². The fraction of sp³-hybridized carbons (Fsp3) is 0.362. The number of nitrogens with zero attached hydrogens (tertiary/aromatic N) is 12. The first-order valence-corrected chi connectivity index (χ1v) is 26.5. The van der Waals surface area contributed by atoms with Crippen LogP contribution in [0.25, 0.3) is 44.7 Å². The van der Waals surface area contributed by atoms with Gasteiger partial charge in [0.1, 0.15) is 59.2 Å². The molecule has 12 heterocycles. The molecule has 4 aliphatic heterocycles. The van der Waals surface area contributed by atoms with Crippen LogP contribution in [0, 0.1) is 123 Å². The molecule has 12 rings (SSSR count). The largest absolute Gasteiger partial charge is 0.397 e. The lowest BCUT2D eigenvalue weighted by atomic mass is 9.91. The number of pyridine rings is 3. The van der Waals surface area contributed by atoms with Crippen molar-refractivity contribution in [2.45, 2.75) is 78.8 Å². The van der Waals surface area contributed by atoms with Crippen molar-refractivity contribution in [3.8, 4) is 86.4 Å². The normalized spacial score (nSPS) is 30.6. The van der Waals surface area contributed by atoms with E-state index in [2.05, 4.69) is 96.3 Å². The van der Waals surface area contributed by atoms with Gasteiger partial charge >= 0.3 is 0 Å². The van der Waals surface area contributed by atoms with Crippen molar-refractivity contribution in [1.29, 1.82) is 5.53 Å². The Bertz CT molecular complexity index is 4610. The standard InChI is InChI=1S/C15H14N4O4.C15H14N4O3.C15H13N3O4.C13H12N6O4/c1-4-9-11(21)15(5-2,6-20)23-14(9)19-7-16-10-12(19)17-8(3)18-13(10)22;1-3-9-12(21)15(4-2,7-20)22-14(9)19-8-18-11-10(16)5-6-17-13(11)19;1-3-9-12(21)15(4-2,7-19)22-14(9)18-8-17-11-10(20)5-6-16-13(11)18;1-2-7-10(22)13(5-20,17-18-14)23-12(7)19-6-16-9-8(21)3-4-15-11(9)19/h1-2,7,9,11,14,20-21H,6H2,3H3,(H,17,18,22);1-2,5-6,8-9,12,14,20-21H,7H2,(H2,16,17);1-2,5-6,8-9,12,14,19,21H,7H2,(H,16,20);1,3-4,6-7,10,12,14,20,22H,5H2/p+1/t9-,11-,14+,15+;2*9-,12-,14+,15+;7-,10-,12+,13+/m0000/s1. The number of terminal acetylenes is 7. The predicted molar refractivity (Wildman–Crippen MR) is 312 cm³/mol. The summed E-state index contributed by atoms with van der Waals surface area (Å²) in [4.78, 5) is 71.3. The van der Waals surface area contributed by atoms with E-state index in [-0.39, 0.29) is 33.1 Å². The third-order valence-corrected chi connectivity index (χ3v) is 15.6. The van der Waals surface area contributed by atoms with E-state index in [0.717, 1.165) is 0 Å². The van der Waals surface area contributed by atoms with Gasteiger partial charge in [0.2, 0.25) is 15.8 Å². The molecule has 0 radical (unpaired) electrons. The van der Waals surface area contributed by atoms with E-state index in [1.165, 1.54) is 69.7 Å². The Labute approximate surface area is 507 Å². The highest BCUT2D eigenvalue weighted by Crippen LogP contribution is 2.46. The molecule has 4 fully saturated rings. The summed E-state index contributed by atoms with van der Waals surface area (Å²) in [6.45, 7) is -0.821. The number of ether oxygens (including phenoxy) is 4. The van der Waals surface area contributed by atoms with Crippen LogP contribution in [0.1, 0.15) is 30.7 Å². The number of nitrogens with two attached hydrogens (primary N) is 1. The molecule has 0 bridgehead atoms. The van der Waals surface area contributed by atoms with Crippen molar-refractivity contribution < 1.29 is 59.8 Å². The first kappa shape index (κ1) is 63.9. The van der Waals surface area contributed by atoms with E-state index < -0.39 is 128 Å². The summed E-state index contributed by atoms with van der Waals surface area (Å²) in [5.74, 6) is 13.6. The lowest BCUT2D eigenvalue weighted by Gasteiger charge is -2.23. The maximum Gasteiger partial charge on any atom is 0.294 e. The van der Waals surface area contributed by atoms with Gasteiger partial charge in [-0.25, -0.2) is 29.9 Å². The summed E-state index contributed by atoms with van der Waals surface area (Å²) in [6, 6.07) is 4.30. The molecule has 0 amide bonds. The van der Waals surface area contributed by atoms with E-state index in [0.29, 0.717) is 34.0 Å². The average molecular weight is 1230 g/mol. The molecular formula is C58H54N17O15+. The van der Waals surface area contributed by atoms with Gasteiger partial charge in [-0.1, -0.05) is 41.4 Å². The first-order valence-electron chi connectivity index (χ1n) is 26.5. The highest BCUT2D eigenvalue weighted by molar-refractivity contribution is 5.83. The highest BCUT2D eigenvalue weighted by atomic mass is 16.6. The fourth-order valence-electron chi connectivity index (χ4n) is 10.7. The Hall–Kier alpha value is -10.6. The van der Waals surface area contributed by atoms with Crippen molar-refractivity contribution in [3.05, 3.63) is 98.7 Å². The molecule has 14 N–H and O–H groups in total. The Morgan fingerprint density at radius 3 is 1.40 bits per heavy atom. The minimum atomic E-state index is -1.84. The van der Waals surface area contributed by atoms with Gasteiger partial charge in [-0.3, -0.25) is 32.7 Å². The predicted octanol–water partition coefficient (Wildman–Crippen LogP) is -3.22. The monoisotopic (exact) mass is 1230 g/mol. The third kappa shape index (κ3) is 10.4. The van der Waals surface area contributed by atoms with Gasteiger partial charge in [0.15, 0.2) is 74.7 Å². The number of aromatic nitrogens is 13. The van der Waals surface area contributed by atoms with Crippen molar-refractivity contribution in [2.24, 2.45) is 28.8 Å². The number of H-pyrrole nitrogens is 3. The zero-order valence-corrected chi connectivity index (χ0v) is 47.0. The van der Waals surface area contributed by atoms with E-state index in [1.54, 1.807) is 17.6 Å². The van der Waals surface area contributed by atoms with Crippen molar-refractivity contribution >= 4 is 50.3 Å². The van der Waals surface area contributed by atoms with Gasteiger partial charge in [0, 0.05) is 30.7 Å². The topological polar surface area (TPSA) is 471 Å². The molecule has 4 saturated heterocycles. The summed E-state index contributed by atoms with van der Waals surface area (Å²) in [5, 5.41) is 82.9. The minimum Gasteiger partial charge on any atom is -0.397 e. The number of nitrogen functional groups attached to an aromatic ring is 1. The number of aliphatic hydroxyl groups excluding tert-OH is 8. The molecule has 4 aliphatic rings. The third-order valence-electron chi connectivity index (χ3n) is 15.6. The van der Waals surface area contributed by atoms with Gasteiger partial charge in [0.05, 0.1) is 74.5 Å². The number of aromatic amines is 3. The maximum absolute atomic E-state index is 11.9.